The zero-order valence-electron chi connectivity index (χ0n) is 17.7. The van der Waals surface area contributed by atoms with Crippen LogP contribution in [-0.2, 0) is 0 Å². The Hall–Kier alpha value is -2.74. The van der Waals surface area contributed by atoms with Crippen LogP contribution in [0.5, 0.6) is 0 Å². The number of furan rings is 1. The molecule has 30 heavy (non-hydrogen) atoms. The lowest BCUT2D eigenvalue weighted by Crippen LogP contribution is -2.46. The Balaban J connectivity index is 1.50. The van der Waals surface area contributed by atoms with Gasteiger partial charge in [0.25, 0.3) is 0 Å². The van der Waals surface area contributed by atoms with Crippen molar-refractivity contribution in [1.29, 1.82) is 0 Å². The molecule has 2 nitrogen and oxygen atoms in total. The summed E-state index contributed by atoms with van der Waals surface area (Å²) in [6.07, 6.45) is 12.2. The van der Waals surface area contributed by atoms with E-state index in [0.29, 0.717) is 35.8 Å². The predicted molar refractivity (Wildman–Crippen MR) is 125 cm³/mol. The van der Waals surface area contributed by atoms with Crippen molar-refractivity contribution in [3.8, 4) is 0 Å². The van der Waals surface area contributed by atoms with E-state index in [1.807, 2.05) is 0 Å². The van der Waals surface area contributed by atoms with Crippen molar-refractivity contribution < 1.29 is 4.42 Å². The van der Waals surface area contributed by atoms with Gasteiger partial charge in [-0.15, -0.1) is 0 Å². The summed E-state index contributed by atoms with van der Waals surface area (Å²) in [5.41, 5.74) is 3.43. The molecule has 3 aromatic rings. The van der Waals surface area contributed by atoms with Crippen LogP contribution in [0, 0.1) is 23.7 Å². The molecule has 2 aromatic carbocycles. The Morgan fingerprint density at radius 3 is 2.57 bits per heavy atom. The normalized spacial score (nSPS) is 32.4. The van der Waals surface area contributed by atoms with Gasteiger partial charge in [0.15, 0.2) is 0 Å². The summed E-state index contributed by atoms with van der Waals surface area (Å²) in [7, 11) is 0. The van der Waals surface area contributed by atoms with Gasteiger partial charge in [0.1, 0.15) is 11.0 Å². The first-order valence-corrected chi connectivity index (χ1v) is 11.4. The third kappa shape index (κ3) is 2.62. The van der Waals surface area contributed by atoms with E-state index in [9.17, 15) is 0 Å². The highest BCUT2D eigenvalue weighted by Crippen LogP contribution is 2.47. The molecule has 0 amide bonds. The van der Waals surface area contributed by atoms with Gasteiger partial charge in [-0.05, 0) is 49.0 Å². The van der Waals surface area contributed by atoms with Crippen LogP contribution in [0.15, 0.2) is 71.2 Å². The first kappa shape index (κ1) is 18.1. The Bertz CT molecular complexity index is 1220. The van der Waals surface area contributed by atoms with Crippen LogP contribution in [0.4, 0.5) is 5.69 Å². The van der Waals surface area contributed by atoms with Gasteiger partial charge in [-0.3, -0.25) is 0 Å². The van der Waals surface area contributed by atoms with Gasteiger partial charge in [-0.2, -0.15) is 0 Å². The van der Waals surface area contributed by atoms with Gasteiger partial charge in [0.05, 0.1) is 0 Å². The lowest BCUT2D eigenvalue weighted by Gasteiger charge is -2.39. The smallest absolute Gasteiger partial charge is 0.135 e. The minimum absolute atomic E-state index is 0.437. The van der Waals surface area contributed by atoms with Crippen molar-refractivity contribution in [1.82, 2.24) is 0 Å². The predicted octanol–water partition coefficient (Wildman–Crippen LogP) is 5.12. The van der Waals surface area contributed by atoms with E-state index in [1.165, 1.54) is 29.1 Å². The Morgan fingerprint density at radius 1 is 0.900 bits per heavy atom. The van der Waals surface area contributed by atoms with Gasteiger partial charge in [0, 0.05) is 40.2 Å². The van der Waals surface area contributed by atoms with E-state index < -0.39 is 0 Å². The third-order valence-electron chi connectivity index (χ3n) is 7.75. The average molecular weight is 396 g/mol. The molecule has 0 N–H and O–H groups in total. The molecule has 1 aromatic heterocycles. The largest absolute Gasteiger partial charge is 0.456 e. The summed E-state index contributed by atoms with van der Waals surface area (Å²) in [6.45, 7) is 4.86. The third-order valence-corrected chi connectivity index (χ3v) is 7.75. The molecule has 2 heterocycles. The second-order valence-electron chi connectivity index (χ2n) is 9.39. The van der Waals surface area contributed by atoms with Crippen molar-refractivity contribution in [3.05, 3.63) is 77.4 Å². The highest BCUT2D eigenvalue weighted by molar-refractivity contribution is 5.79. The summed E-state index contributed by atoms with van der Waals surface area (Å²) >= 11 is 0. The quantitative estimate of drug-likeness (QED) is 0.560. The van der Waals surface area contributed by atoms with Gasteiger partial charge < -0.3 is 9.32 Å². The summed E-state index contributed by atoms with van der Waals surface area (Å²) < 4.78 is 6.30. The fourth-order valence-electron chi connectivity index (χ4n) is 6.38. The molecule has 3 aliphatic rings. The Labute approximate surface area is 178 Å². The number of hydrogen-bond acceptors (Lipinski definition) is 2. The van der Waals surface area contributed by atoms with Crippen molar-refractivity contribution in [2.45, 2.75) is 38.8 Å². The first-order valence-electron chi connectivity index (χ1n) is 11.4. The van der Waals surface area contributed by atoms with E-state index in [1.54, 1.807) is 0 Å². The Morgan fingerprint density at radius 2 is 1.70 bits per heavy atom. The van der Waals surface area contributed by atoms with E-state index in [4.69, 9.17) is 4.42 Å². The summed E-state index contributed by atoms with van der Waals surface area (Å²) in [4.78, 5) is 2.76. The number of benzene rings is 2. The molecule has 6 unspecified atom stereocenters. The molecule has 1 saturated heterocycles. The van der Waals surface area contributed by atoms with Crippen molar-refractivity contribution in [3.63, 3.8) is 0 Å². The fourth-order valence-corrected chi connectivity index (χ4v) is 6.38. The molecule has 6 rings (SSSR count). The van der Waals surface area contributed by atoms with Crippen LogP contribution < -0.4 is 15.5 Å². The summed E-state index contributed by atoms with van der Waals surface area (Å²) in [6, 6.07) is 20.6. The lowest BCUT2D eigenvalue weighted by atomic mass is 9.76. The minimum Gasteiger partial charge on any atom is -0.456 e. The standard InChI is InChI=1S/C28H29NO/c1-18-16-24-22-13-7-9-15-26(22)30-27(24)17-23(18)28-19(2)21-12-6-8-14-25(21)29(28)20-10-4-3-5-11-20/h3-7,9-13,15-19,21,23,25,28H,8,14H2,1-2H3. The SMILES string of the molecule is CC1C=c2c(oc3ccccc23)=CC1C1C(C)C2C=CCCC2N1c1ccccc1. The molecule has 0 saturated carbocycles. The molecule has 1 fully saturated rings. The molecular formula is C28H29NO. The van der Waals surface area contributed by atoms with Crippen molar-refractivity contribution in [2.75, 3.05) is 4.90 Å². The van der Waals surface area contributed by atoms with E-state index in [0.717, 1.165) is 11.0 Å². The number of fused-ring (bicyclic) bond motifs is 4. The topological polar surface area (TPSA) is 16.4 Å². The molecule has 2 heteroatoms. The minimum atomic E-state index is 0.437. The number of hydrogen-bond donors (Lipinski definition) is 0. The van der Waals surface area contributed by atoms with Crippen LogP contribution in [0.1, 0.15) is 26.7 Å². The maximum Gasteiger partial charge on any atom is 0.135 e. The summed E-state index contributed by atoms with van der Waals surface area (Å²) in [5, 5.41) is 2.52. The van der Waals surface area contributed by atoms with Crippen molar-refractivity contribution in [2.24, 2.45) is 23.7 Å². The van der Waals surface area contributed by atoms with Crippen LogP contribution >= 0.6 is 0 Å². The van der Waals surface area contributed by atoms with Gasteiger partial charge in [0.2, 0.25) is 0 Å². The maximum atomic E-state index is 6.30. The van der Waals surface area contributed by atoms with Gasteiger partial charge >= 0.3 is 0 Å². The number of nitrogens with zero attached hydrogens (tertiary/aromatic N) is 1. The maximum absolute atomic E-state index is 6.30. The monoisotopic (exact) mass is 395 g/mol. The molecular weight excluding hydrogens is 366 g/mol. The zero-order valence-corrected chi connectivity index (χ0v) is 17.7. The fraction of sp³-hybridized carbons (Fsp3) is 0.357. The number of allylic oxidation sites excluding steroid dienone is 1. The van der Waals surface area contributed by atoms with Crippen LogP contribution in [0.2, 0.25) is 0 Å². The molecule has 0 radical (unpaired) electrons. The number of anilines is 1. The first-order chi connectivity index (χ1) is 14.7. The molecule has 0 bridgehead atoms. The van der Waals surface area contributed by atoms with Gasteiger partial charge in [-0.25, -0.2) is 0 Å². The molecule has 152 valence electrons. The van der Waals surface area contributed by atoms with Crippen LogP contribution in [0.25, 0.3) is 23.1 Å². The van der Waals surface area contributed by atoms with Crippen LogP contribution in [-0.4, -0.2) is 12.1 Å². The van der Waals surface area contributed by atoms with E-state index >= 15 is 0 Å². The molecule has 2 aliphatic carbocycles. The Kier molecular flexibility index (Phi) is 4.16. The molecule has 6 atom stereocenters. The van der Waals surface area contributed by atoms with E-state index in [2.05, 4.69) is 97.6 Å². The number of rotatable bonds is 2. The van der Waals surface area contributed by atoms with Crippen molar-refractivity contribution >= 4 is 28.8 Å². The average Bonchev–Trinajstić information content (AvgIpc) is 3.29. The molecule has 1 aliphatic heterocycles. The highest BCUT2D eigenvalue weighted by atomic mass is 16.3. The zero-order chi connectivity index (χ0) is 20.2. The highest BCUT2D eigenvalue weighted by Gasteiger charge is 2.49. The van der Waals surface area contributed by atoms with Gasteiger partial charge in [-0.1, -0.05) is 68.5 Å². The van der Waals surface area contributed by atoms with E-state index in [-0.39, 0.29) is 0 Å². The summed E-state index contributed by atoms with van der Waals surface area (Å²) in [5.74, 6) is 2.14. The van der Waals surface area contributed by atoms with Crippen LogP contribution in [0.3, 0.4) is 0 Å². The number of para-hydroxylation sites is 2. The lowest BCUT2D eigenvalue weighted by molar-refractivity contribution is 0.348. The molecule has 0 spiro atoms. The second-order valence-corrected chi connectivity index (χ2v) is 9.39. The second kappa shape index (κ2) is 6.91.